The molecule has 3 saturated heterocycles. The van der Waals surface area contributed by atoms with Crippen molar-refractivity contribution in [1.29, 1.82) is 0 Å². The van der Waals surface area contributed by atoms with E-state index in [0.29, 0.717) is 0 Å². The number of hydrogen-bond acceptors (Lipinski definition) is 6. The molecule has 0 saturated carbocycles. The first-order valence-corrected chi connectivity index (χ1v) is 11.3. The molecule has 33 heavy (non-hydrogen) atoms. The molecular weight excluding hydrogens is 422 g/mol. The minimum atomic E-state index is -0.646. The Morgan fingerprint density at radius 1 is 1.03 bits per heavy atom. The smallest absolute Gasteiger partial charge is 0.261 e. The van der Waals surface area contributed by atoms with Crippen LogP contribution in [0.1, 0.15) is 27.2 Å². The molecule has 2 N–H and O–H groups in total. The van der Waals surface area contributed by atoms with Gasteiger partial charge in [0, 0.05) is 13.5 Å². The number of ether oxygens (including phenoxy) is 2. The molecule has 0 aliphatic carbocycles. The van der Waals surface area contributed by atoms with Crippen molar-refractivity contribution in [3.63, 3.8) is 0 Å². The zero-order valence-electron chi connectivity index (χ0n) is 19.5. The number of carbonyl (C=O) groups excluding carboxylic acids is 2. The molecule has 0 unspecified atom stereocenters. The van der Waals surface area contributed by atoms with Gasteiger partial charge in [-0.3, -0.25) is 9.59 Å². The molecular formula is C26H33NO6. The summed E-state index contributed by atoms with van der Waals surface area (Å²) in [6, 6.07) is -0.539. The van der Waals surface area contributed by atoms with Crippen LogP contribution in [-0.4, -0.2) is 70.4 Å². The molecule has 0 aromatic heterocycles. The Morgan fingerprint density at radius 2 is 1.64 bits per heavy atom. The van der Waals surface area contributed by atoms with E-state index in [-0.39, 0.29) is 47.4 Å². The van der Waals surface area contributed by atoms with E-state index in [1.807, 2.05) is 51.2 Å². The van der Waals surface area contributed by atoms with Gasteiger partial charge in [0.1, 0.15) is 29.6 Å². The van der Waals surface area contributed by atoms with Crippen LogP contribution in [-0.2, 0) is 19.1 Å². The van der Waals surface area contributed by atoms with Gasteiger partial charge < -0.3 is 24.6 Å². The van der Waals surface area contributed by atoms with E-state index in [1.54, 1.807) is 31.4 Å². The number of Topliss-reactive ketones (excluding diaryl/α,β-unsaturated/α-hetero) is 1. The average molecular weight is 456 g/mol. The number of fused-ring (bicyclic) bond motifs is 1. The lowest BCUT2D eigenvalue weighted by Crippen LogP contribution is -2.36. The zero-order chi connectivity index (χ0) is 24.1. The molecule has 0 bridgehead atoms. The van der Waals surface area contributed by atoms with Gasteiger partial charge in [0.25, 0.3) is 5.91 Å². The predicted octanol–water partition coefficient (Wildman–Crippen LogP) is 2.95. The van der Waals surface area contributed by atoms with Crippen molar-refractivity contribution in [2.24, 2.45) is 5.92 Å². The highest BCUT2D eigenvalue weighted by Crippen LogP contribution is 2.34. The highest BCUT2D eigenvalue weighted by molar-refractivity contribution is 6.27. The van der Waals surface area contributed by atoms with Gasteiger partial charge in [0.05, 0.1) is 18.2 Å². The monoisotopic (exact) mass is 455 g/mol. The Kier molecular flexibility index (Phi) is 8.24. The lowest BCUT2D eigenvalue weighted by atomic mass is 9.98. The Balaban J connectivity index is 1.46. The number of allylic oxidation sites excluding steroid dienone is 9. The average Bonchev–Trinajstić information content (AvgIpc) is 3.33. The number of aliphatic hydroxyl groups is 2. The number of ketones is 1. The van der Waals surface area contributed by atoms with Crippen LogP contribution in [0.4, 0.5) is 0 Å². The lowest BCUT2D eigenvalue weighted by molar-refractivity contribution is -0.126. The summed E-state index contributed by atoms with van der Waals surface area (Å²) in [5, 5.41) is 20.5. The number of amides is 1. The van der Waals surface area contributed by atoms with Crippen molar-refractivity contribution in [2.45, 2.75) is 63.8 Å². The molecule has 7 heteroatoms. The summed E-state index contributed by atoms with van der Waals surface area (Å²) in [5.41, 5.74) is -0.160. The minimum Gasteiger partial charge on any atom is -0.507 e. The summed E-state index contributed by atoms with van der Waals surface area (Å²) in [4.78, 5) is 26.1. The van der Waals surface area contributed by atoms with Gasteiger partial charge in [-0.15, -0.1) is 0 Å². The largest absolute Gasteiger partial charge is 0.507 e. The Hall–Kier alpha value is -2.74. The molecule has 3 rings (SSSR count). The van der Waals surface area contributed by atoms with E-state index in [2.05, 4.69) is 0 Å². The third kappa shape index (κ3) is 5.61. The molecule has 3 heterocycles. The van der Waals surface area contributed by atoms with Gasteiger partial charge in [-0.1, -0.05) is 68.5 Å². The summed E-state index contributed by atoms with van der Waals surface area (Å²) in [6.45, 7) is 5.72. The second-order valence-electron chi connectivity index (χ2n) is 8.90. The van der Waals surface area contributed by atoms with Gasteiger partial charge in [0.15, 0.2) is 5.78 Å². The van der Waals surface area contributed by atoms with Gasteiger partial charge in [0.2, 0.25) is 0 Å². The molecule has 178 valence electrons. The Morgan fingerprint density at radius 3 is 2.21 bits per heavy atom. The maximum Gasteiger partial charge on any atom is 0.261 e. The number of hydrogen-bond donors (Lipinski definition) is 2. The third-order valence-electron chi connectivity index (χ3n) is 6.01. The number of likely N-dealkylation sites (tertiary alicyclic amines) is 1. The predicted molar refractivity (Wildman–Crippen MR) is 125 cm³/mol. The molecule has 0 spiro atoms. The van der Waals surface area contributed by atoms with Gasteiger partial charge >= 0.3 is 0 Å². The van der Waals surface area contributed by atoms with E-state index in [9.17, 15) is 19.8 Å². The number of rotatable bonds is 7. The van der Waals surface area contributed by atoms with Crippen molar-refractivity contribution in [3.05, 3.63) is 72.1 Å². The fourth-order valence-electron chi connectivity index (χ4n) is 4.44. The lowest BCUT2D eigenvalue weighted by Gasteiger charge is -2.20. The van der Waals surface area contributed by atoms with Crippen LogP contribution in [0.25, 0.3) is 0 Å². The van der Waals surface area contributed by atoms with Gasteiger partial charge in [-0.05, 0) is 18.9 Å². The highest BCUT2D eigenvalue weighted by Gasteiger charge is 2.48. The first-order valence-electron chi connectivity index (χ1n) is 11.3. The number of likely N-dealkylation sites (N-methyl/N-ethyl adjacent to an activating group) is 1. The van der Waals surface area contributed by atoms with Crippen molar-refractivity contribution in [2.75, 3.05) is 7.05 Å². The second kappa shape index (κ2) is 10.9. The molecule has 0 aromatic carbocycles. The van der Waals surface area contributed by atoms with E-state index in [4.69, 9.17) is 9.47 Å². The number of carbonyl (C=O) groups is 2. The fourth-order valence-corrected chi connectivity index (χ4v) is 4.44. The van der Waals surface area contributed by atoms with E-state index in [0.717, 1.165) is 6.42 Å². The van der Waals surface area contributed by atoms with E-state index >= 15 is 0 Å². The molecule has 3 aliphatic rings. The van der Waals surface area contributed by atoms with Crippen LogP contribution in [0.15, 0.2) is 72.1 Å². The van der Waals surface area contributed by atoms with E-state index in [1.165, 1.54) is 11.0 Å². The summed E-state index contributed by atoms with van der Waals surface area (Å²) >= 11 is 0. The minimum absolute atomic E-state index is 0.0260. The van der Waals surface area contributed by atoms with Crippen molar-refractivity contribution < 1.29 is 29.3 Å². The first kappa shape index (κ1) is 24.9. The quantitative estimate of drug-likeness (QED) is 0.265. The van der Waals surface area contributed by atoms with Gasteiger partial charge in [-0.2, -0.15) is 0 Å². The summed E-state index contributed by atoms with van der Waals surface area (Å²) < 4.78 is 11.5. The van der Waals surface area contributed by atoms with Crippen LogP contribution < -0.4 is 0 Å². The maximum atomic E-state index is 12.5. The molecule has 1 amide bonds. The molecule has 7 nitrogen and oxygen atoms in total. The fraction of sp³-hybridized carbons (Fsp3) is 0.462. The highest BCUT2D eigenvalue weighted by atomic mass is 16.6. The molecule has 3 fully saturated rings. The van der Waals surface area contributed by atoms with Crippen LogP contribution in [0.5, 0.6) is 0 Å². The molecule has 0 aromatic rings. The molecule has 0 radical (unpaired) electrons. The third-order valence-corrected chi connectivity index (χ3v) is 6.01. The molecule has 6 atom stereocenters. The molecule has 3 aliphatic heterocycles. The van der Waals surface area contributed by atoms with Crippen molar-refractivity contribution >= 4 is 11.7 Å². The summed E-state index contributed by atoms with van der Waals surface area (Å²) in [6.07, 6.45) is 17.0. The van der Waals surface area contributed by atoms with Crippen LogP contribution in [0.2, 0.25) is 0 Å². The topological polar surface area (TPSA) is 96.3 Å². The summed E-state index contributed by atoms with van der Waals surface area (Å²) in [5.74, 6) is -1.15. The standard InChI is InChI=1S/C26H33NO6/c1-16(2)22-24(30)21(26(31)27(22)4)18(28)13-11-9-7-5-6-8-10-12-14-19-23(29)25-20(33-19)15-17(3)32-25/h5-14,16-17,19-20,22-23,25,28-29H,15H2,1-4H3/b6-5+,9-7+,10-8+,13-11+,14-12+,21-18+/t17-,19+,20-,22+,23-,25+/m1/s1. The second-order valence-corrected chi connectivity index (χ2v) is 8.90. The van der Waals surface area contributed by atoms with E-state index < -0.39 is 18.1 Å². The zero-order valence-corrected chi connectivity index (χ0v) is 19.5. The first-order chi connectivity index (χ1) is 15.7. The van der Waals surface area contributed by atoms with Crippen LogP contribution in [0.3, 0.4) is 0 Å². The van der Waals surface area contributed by atoms with Crippen molar-refractivity contribution in [3.8, 4) is 0 Å². The van der Waals surface area contributed by atoms with Crippen molar-refractivity contribution in [1.82, 2.24) is 4.90 Å². The SMILES string of the molecule is CC(C)[C@H]1C(=O)/C(=C(O)/C=C/C=C/C=C/C=C/C=C/[C@@H]2O[C@@H]3C[C@@H](C)O[C@@H]3[C@@H]2O)C(=O)N1C. The number of nitrogens with zero attached hydrogens (tertiary/aromatic N) is 1. The Labute approximate surface area is 195 Å². The number of aliphatic hydroxyl groups excluding tert-OH is 2. The van der Waals surface area contributed by atoms with Gasteiger partial charge in [-0.25, -0.2) is 0 Å². The normalized spacial score (nSPS) is 34.7. The Bertz CT molecular complexity index is 925. The summed E-state index contributed by atoms with van der Waals surface area (Å²) in [7, 11) is 1.57. The van der Waals surface area contributed by atoms with Crippen LogP contribution in [0, 0.1) is 5.92 Å². The maximum absolute atomic E-state index is 12.5. The van der Waals surface area contributed by atoms with Crippen LogP contribution >= 0.6 is 0 Å².